The lowest BCUT2D eigenvalue weighted by molar-refractivity contribution is 0.104. The highest BCUT2D eigenvalue weighted by Gasteiger charge is 2.25. The molecule has 1 fully saturated rings. The second kappa shape index (κ2) is 8.17. The second-order valence-electron chi connectivity index (χ2n) is 5.39. The van der Waals surface area contributed by atoms with Crippen LogP contribution in [0.25, 0.3) is 0 Å². The van der Waals surface area contributed by atoms with E-state index in [-0.39, 0.29) is 25.7 Å². The predicted octanol–water partition coefficient (Wildman–Crippen LogP) is 1.33. The molecular formula is C15H21N3O6S. The number of hydrogen-bond acceptors (Lipinski definition) is 6. The number of benzene rings is 1. The number of hydrogen-bond donors (Lipinski definition) is 1. The van der Waals surface area contributed by atoms with Crippen LogP contribution in [-0.4, -0.2) is 68.9 Å². The summed E-state index contributed by atoms with van der Waals surface area (Å²) < 4.78 is 33.9. The van der Waals surface area contributed by atoms with E-state index in [4.69, 9.17) is 4.74 Å². The summed E-state index contributed by atoms with van der Waals surface area (Å²) in [5, 5.41) is 2.72. The molecule has 1 saturated heterocycles. The molecule has 0 spiro atoms. The maximum Gasteiger partial charge on any atom is 0.513 e. The third kappa shape index (κ3) is 5.61. The zero-order valence-electron chi connectivity index (χ0n) is 14.1. The van der Waals surface area contributed by atoms with Crippen molar-refractivity contribution in [3.05, 3.63) is 24.3 Å². The molecule has 10 heteroatoms. The molecule has 0 radical (unpaired) electrons. The van der Waals surface area contributed by atoms with Crippen LogP contribution >= 0.6 is 0 Å². The first-order chi connectivity index (χ1) is 11.8. The lowest BCUT2D eigenvalue weighted by Crippen LogP contribution is -2.51. The highest BCUT2D eigenvalue weighted by Crippen LogP contribution is 2.17. The van der Waals surface area contributed by atoms with Crippen LogP contribution < -0.4 is 10.1 Å². The number of amides is 2. The molecule has 2 rings (SSSR count). The van der Waals surface area contributed by atoms with Gasteiger partial charge in [-0.15, -0.1) is 0 Å². The van der Waals surface area contributed by atoms with Gasteiger partial charge in [0.25, 0.3) is 0 Å². The van der Waals surface area contributed by atoms with Gasteiger partial charge in [-0.2, -0.15) is 4.31 Å². The zero-order valence-corrected chi connectivity index (χ0v) is 14.9. The number of urea groups is 1. The molecule has 1 heterocycles. The predicted molar refractivity (Wildman–Crippen MR) is 91.1 cm³/mol. The van der Waals surface area contributed by atoms with Gasteiger partial charge in [0.2, 0.25) is 10.0 Å². The van der Waals surface area contributed by atoms with E-state index in [0.29, 0.717) is 24.5 Å². The zero-order chi connectivity index (χ0) is 18.4. The topological polar surface area (TPSA) is 105 Å². The summed E-state index contributed by atoms with van der Waals surface area (Å²) in [6, 6.07) is 5.95. The minimum Gasteiger partial charge on any atom is -0.434 e. The average Bonchev–Trinajstić information content (AvgIpc) is 2.56. The van der Waals surface area contributed by atoms with E-state index < -0.39 is 16.2 Å². The molecule has 9 nitrogen and oxygen atoms in total. The Balaban J connectivity index is 1.86. The van der Waals surface area contributed by atoms with Gasteiger partial charge in [0, 0.05) is 31.9 Å². The van der Waals surface area contributed by atoms with Crippen LogP contribution in [0.2, 0.25) is 0 Å². The molecule has 0 saturated carbocycles. The molecule has 1 aliphatic heterocycles. The molecule has 1 aromatic rings. The fraction of sp³-hybridized carbons (Fsp3) is 0.467. The Morgan fingerprint density at radius 1 is 1.12 bits per heavy atom. The number of carbonyl (C=O) groups is 2. The van der Waals surface area contributed by atoms with Gasteiger partial charge in [0.05, 0.1) is 12.9 Å². The minimum absolute atomic E-state index is 0.222. The lowest BCUT2D eigenvalue weighted by Gasteiger charge is -2.33. The molecule has 2 amide bonds. The van der Waals surface area contributed by atoms with E-state index >= 15 is 0 Å². The fourth-order valence-corrected chi connectivity index (χ4v) is 3.10. The number of piperazine rings is 1. The average molecular weight is 371 g/mol. The number of anilines is 1. The number of nitrogens with one attached hydrogen (secondary N) is 1. The lowest BCUT2D eigenvalue weighted by atomic mass is 10.3. The molecular weight excluding hydrogens is 350 g/mol. The van der Waals surface area contributed by atoms with Crippen LogP contribution in [0.1, 0.15) is 6.92 Å². The van der Waals surface area contributed by atoms with Crippen molar-refractivity contribution in [2.45, 2.75) is 6.92 Å². The summed E-state index contributed by atoms with van der Waals surface area (Å²) in [5.74, 6) is 0.304. The molecule has 0 aliphatic carbocycles. The first kappa shape index (κ1) is 19.0. The van der Waals surface area contributed by atoms with Gasteiger partial charge in [-0.1, -0.05) is 0 Å². The first-order valence-electron chi connectivity index (χ1n) is 7.75. The fourth-order valence-electron chi connectivity index (χ4n) is 2.28. The number of sulfonamides is 1. The van der Waals surface area contributed by atoms with Gasteiger partial charge in [0.15, 0.2) is 0 Å². The largest absolute Gasteiger partial charge is 0.513 e. The van der Waals surface area contributed by atoms with Crippen molar-refractivity contribution >= 4 is 27.9 Å². The molecule has 25 heavy (non-hydrogen) atoms. The Morgan fingerprint density at radius 3 is 2.24 bits per heavy atom. The molecule has 0 bridgehead atoms. The number of rotatable bonds is 4. The van der Waals surface area contributed by atoms with Crippen molar-refractivity contribution in [2.75, 3.05) is 44.4 Å². The molecule has 138 valence electrons. The standard InChI is InChI=1S/C15H21N3O6S/c1-3-23-15(20)24-13-6-4-12(5-7-13)16-14(19)17-8-10-18(11-9-17)25(2,21)22/h4-7H,3,8-11H2,1-2H3,(H,16,19). The van der Waals surface area contributed by atoms with Crippen molar-refractivity contribution in [3.8, 4) is 5.75 Å². The smallest absolute Gasteiger partial charge is 0.434 e. The Hall–Kier alpha value is -2.33. The molecule has 0 unspecified atom stereocenters. The summed E-state index contributed by atoms with van der Waals surface area (Å²) in [6.45, 7) is 3.10. The number of ether oxygens (including phenoxy) is 2. The van der Waals surface area contributed by atoms with Gasteiger partial charge in [-0.3, -0.25) is 0 Å². The van der Waals surface area contributed by atoms with Crippen LogP contribution in [0.5, 0.6) is 5.75 Å². The van der Waals surface area contributed by atoms with E-state index in [0.717, 1.165) is 6.26 Å². The van der Waals surface area contributed by atoms with E-state index in [1.54, 1.807) is 24.0 Å². The Labute approximate surface area is 146 Å². The third-order valence-corrected chi connectivity index (χ3v) is 4.87. The van der Waals surface area contributed by atoms with E-state index in [9.17, 15) is 18.0 Å². The normalized spacial score (nSPS) is 15.5. The van der Waals surface area contributed by atoms with Gasteiger partial charge < -0.3 is 19.7 Å². The monoisotopic (exact) mass is 371 g/mol. The molecule has 0 aromatic heterocycles. The maximum atomic E-state index is 12.2. The van der Waals surface area contributed by atoms with Gasteiger partial charge in [-0.25, -0.2) is 18.0 Å². The maximum absolute atomic E-state index is 12.2. The molecule has 1 aliphatic rings. The highest BCUT2D eigenvalue weighted by atomic mass is 32.2. The van der Waals surface area contributed by atoms with Gasteiger partial charge in [-0.05, 0) is 31.2 Å². The van der Waals surface area contributed by atoms with E-state index in [1.807, 2.05) is 0 Å². The van der Waals surface area contributed by atoms with Crippen molar-refractivity contribution < 1.29 is 27.5 Å². The number of nitrogens with zero attached hydrogens (tertiary/aromatic N) is 2. The molecule has 1 N–H and O–H groups in total. The van der Waals surface area contributed by atoms with Gasteiger partial charge in [0.1, 0.15) is 5.75 Å². The van der Waals surface area contributed by atoms with Crippen LogP contribution in [0, 0.1) is 0 Å². The molecule has 1 aromatic carbocycles. The summed E-state index contributed by atoms with van der Waals surface area (Å²) in [4.78, 5) is 25.0. The Bertz CT molecular complexity index is 711. The van der Waals surface area contributed by atoms with E-state index in [1.165, 1.54) is 16.4 Å². The summed E-state index contributed by atoms with van der Waals surface area (Å²) in [5.41, 5.74) is 0.534. The van der Waals surface area contributed by atoms with E-state index in [2.05, 4.69) is 10.1 Å². The number of carbonyl (C=O) groups excluding carboxylic acids is 2. The third-order valence-electron chi connectivity index (χ3n) is 3.56. The summed E-state index contributed by atoms with van der Waals surface area (Å²) in [7, 11) is -3.23. The SMILES string of the molecule is CCOC(=O)Oc1ccc(NC(=O)N2CCN(S(C)(=O)=O)CC2)cc1. The summed E-state index contributed by atoms with van der Waals surface area (Å²) in [6.07, 6.45) is 0.367. The highest BCUT2D eigenvalue weighted by molar-refractivity contribution is 7.88. The quantitative estimate of drug-likeness (QED) is 0.632. The van der Waals surface area contributed by atoms with Crippen molar-refractivity contribution in [2.24, 2.45) is 0 Å². The van der Waals surface area contributed by atoms with Crippen LogP contribution in [0.15, 0.2) is 24.3 Å². The van der Waals surface area contributed by atoms with Crippen molar-refractivity contribution in [1.29, 1.82) is 0 Å². The van der Waals surface area contributed by atoms with Crippen molar-refractivity contribution in [1.82, 2.24) is 9.21 Å². The van der Waals surface area contributed by atoms with Gasteiger partial charge >= 0.3 is 12.2 Å². The Kier molecular flexibility index (Phi) is 6.21. The second-order valence-corrected chi connectivity index (χ2v) is 7.37. The molecule has 0 atom stereocenters. The summed E-state index contributed by atoms with van der Waals surface area (Å²) >= 11 is 0. The first-order valence-corrected chi connectivity index (χ1v) is 9.60. The van der Waals surface area contributed by atoms with Crippen LogP contribution in [0.4, 0.5) is 15.3 Å². The Morgan fingerprint density at radius 2 is 1.72 bits per heavy atom. The van der Waals surface area contributed by atoms with Crippen molar-refractivity contribution in [3.63, 3.8) is 0 Å². The van der Waals surface area contributed by atoms with Crippen LogP contribution in [0.3, 0.4) is 0 Å². The van der Waals surface area contributed by atoms with Crippen LogP contribution in [-0.2, 0) is 14.8 Å². The minimum atomic E-state index is -3.23.